The summed E-state index contributed by atoms with van der Waals surface area (Å²) in [5.41, 5.74) is 2.49. The maximum atomic E-state index is 13.3. The zero-order chi connectivity index (χ0) is 24.8. The minimum absolute atomic E-state index is 0.148. The number of carbonyl (C=O) groups excluding carboxylic acids is 1. The lowest BCUT2D eigenvalue weighted by Crippen LogP contribution is -2.48. The minimum atomic E-state index is -3.69. The highest BCUT2D eigenvalue weighted by Crippen LogP contribution is 2.21. The van der Waals surface area contributed by atoms with Crippen LogP contribution in [0, 0.1) is 0 Å². The lowest BCUT2D eigenvalue weighted by molar-refractivity contribution is 0.0784. The average molecular weight is 494 g/mol. The number of ether oxygens (including phenoxy) is 1. The molecule has 184 valence electrons. The number of rotatable bonds is 8. The van der Waals surface area contributed by atoms with Crippen molar-refractivity contribution in [2.75, 3.05) is 40.3 Å². The van der Waals surface area contributed by atoms with Gasteiger partial charge in [0.2, 0.25) is 10.0 Å². The number of amides is 1. The first kappa shape index (κ1) is 24.9. The predicted octanol–water partition coefficient (Wildman–Crippen LogP) is 3.47. The van der Waals surface area contributed by atoms with Crippen molar-refractivity contribution in [3.05, 3.63) is 95.6 Å². The molecular weight excluding hydrogens is 462 g/mol. The normalized spacial score (nSPS) is 15.0. The quantitative estimate of drug-likeness (QED) is 0.481. The summed E-state index contributed by atoms with van der Waals surface area (Å²) in [6.07, 6.45) is 0. The third-order valence-corrected chi connectivity index (χ3v) is 8.09. The SMILES string of the molecule is COc1cccc(CN(C)C(=O)c2cccc(S(=O)(=O)N3CCN(Cc4ccccc4)CC3)c2)c1. The first-order chi connectivity index (χ1) is 16.9. The van der Waals surface area contributed by atoms with Crippen molar-refractivity contribution < 1.29 is 17.9 Å². The fourth-order valence-corrected chi connectivity index (χ4v) is 5.71. The van der Waals surface area contributed by atoms with Gasteiger partial charge in [-0.3, -0.25) is 9.69 Å². The molecular formula is C27H31N3O4S. The summed E-state index contributed by atoms with van der Waals surface area (Å²) in [5.74, 6) is 0.484. The van der Waals surface area contributed by atoms with Gasteiger partial charge >= 0.3 is 0 Å². The molecule has 8 heteroatoms. The number of methoxy groups -OCH3 is 1. The van der Waals surface area contributed by atoms with Crippen LogP contribution >= 0.6 is 0 Å². The van der Waals surface area contributed by atoms with Crippen molar-refractivity contribution in [2.24, 2.45) is 0 Å². The number of benzene rings is 3. The van der Waals surface area contributed by atoms with Gasteiger partial charge in [0.25, 0.3) is 5.91 Å². The molecule has 1 saturated heterocycles. The first-order valence-electron chi connectivity index (χ1n) is 11.6. The number of carbonyl (C=O) groups is 1. The van der Waals surface area contributed by atoms with E-state index in [-0.39, 0.29) is 10.8 Å². The number of hydrogen-bond acceptors (Lipinski definition) is 5. The van der Waals surface area contributed by atoms with Crippen LogP contribution in [0.25, 0.3) is 0 Å². The van der Waals surface area contributed by atoms with E-state index >= 15 is 0 Å². The van der Waals surface area contributed by atoms with E-state index in [9.17, 15) is 13.2 Å². The standard InChI is InChI=1S/C27H31N3O4S/c1-28(20-23-10-6-12-25(18-23)34-2)27(31)24-11-7-13-26(19-24)35(32,33)30-16-14-29(15-17-30)21-22-8-4-3-5-9-22/h3-13,18-19H,14-17,20-21H2,1-2H3. The first-order valence-corrected chi connectivity index (χ1v) is 13.1. The molecule has 4 rings (SSSR count). The second-order valence-electron chi connectivity index (χ2n) is 8.71. The van der Waals surface area contributed by atoms with E-state index in [0.717, 1.165) is 17.9 Å². The number of nitrogens with zero attached hydrogens (tertiary/aromatic N) is 3. The van der Waals surface area contributed by atoms with Crippen molar-refractivity contribution in [2.45, 2.75) is 18.0 Å². The molecule has 7 nitrogen and oxygen atoms in total. The molecule has 0 aliphatic carbocycles. The molecule has 35 heavy (non-hydrogen) atoms. The van der Waals surface area contributed by atoms with Crippen molar-refractivity contribution >= 4 is 15.9 Å². The van der Waals surface area contributed by atoms with Gasteiger partial charge in [0, 0.05) is 51.9 Å². The van der Waals surface area contributed by atoms with Crippen LogP contribution in [0.5, 0.6) is 5.75 Å². The molecule has 3 aromatic rings. The third kappa shape index (κ3) is 6.08. The third-order valence-electron chi connectivity index (χ3n) is 6.20. The molecule has 1 aliphatic rings. The van der Waals surface area contributed by atoms with Crippen LogP contribution in [0.4, 0.5) is 0 Å². The van der Waals surface area contributed by atoms with Crippen LogP contribution in [-0.4, -0.2) is 68.8 Å². The highest BCUT2D eigenvalue weighted by molar-refractivity contribution is 7.89. The van der Waals surface area contributed by atoms with Gasteiger partial charge in [-0.2, -0.15) is 4.31 Å². The summed E-state index contributed by atoms with van der Waals surface area (Å²) in [6.45, 7) is 3.35. The molecule has 1 amide bonds. The second-order valence-corrected chi connectivity index (χ2v) is 10.6. The molecule has 3 aromatic carbocycles. The Bertz CT molecular complexity index is 1260. The Hall–Kier alpha value is -3.20. The van der Waals surface area contributed by atoms with E-state index in [1.807, 2.05) is 42.5 Å². The Kier molecular flexibility index (Phi) is 7.85. The van der Waals surface area contributed by atoms with Gasteiger partial charge in [-0.25, -0.2) is 8.42 Å². The van der Waals surface area contributed by atoms with Gasteiger partial charge in [0.15, 0.2) is 0 Å². The monoisotopic (exact) mass is 493 g/mol. The molecule has 0 bridgehead atoms. The van der Waals surface area contributed by atoms with E-state index in [0.29, 0.717) is 38.3 Å². The Morgan fingerprint density at radius 3 is 2.29 bits per heavy atom. The molecule has 0 radical (unpaired) electrons. The van der Waals surface area contributed by atoms with Gasteiger partial charge < -0.3 is 9.64 Å². The highest BCUT2D eigenvalue weighted by Gasteiger charge is 2.29. The van der Waals surface area contributed by atoms with Crippen LogP contribution in [0.1, 0.15) is 21.5 Å². The largest absolute Gasteiger partial charge is 0.497 e. The van der Waals surface area contributed by atoms with Gasteiger partial charge in [0.05, 0.1) is 12.0 Å². The zero-order valence-electron chi connectivity index (χ0n) is 20.1. The maximum absolute atomic E-state index is 13.3. The lowest BCUT2D eigenvalue weighted by Gasteiger charge is -2.34. The minimum Gasteiger partial charge on any atom is -0.497 e. The van der Waals surface area contributed by atoms with E-state index in [1.165, 1.54) is 15.9 Å². The summed E-state index contributed by atoms with van der Waals surface area (Å²) in [6, 6.07) is 24.0. The van der Waals surface area contributed by atoms with Crippen LogP contribution in [0.2, 0.25) is 0 Å². The van der Waals surface area contributed by atoms with Crippen molar-refractivity contribution in [3.8, 4) is 5.75 Å². The van der Waals surface area contributed by atoms with Gasteiger partial charge in [-0.15, -0.1) is 0 Å². The van der Waals surface area contributed by atoms with Crippen molar-refractivity contribution in [1.29, 1.82) is 0 Å². The molecule has 0 spiro atoms. The Labute approximate surface area is 207 Å². The number of piperazine rings is 1. The van der Waals surface area contributed by atoms with Crippen LogP contribution in [0.3, 0.4) is 0 Å². The predicted molar refractivity (Wildman–Crippen MR) is 136 cm³/mol. The van der Waals surface area contributed by atoms with Crippen LogP contribution < -0.4 is 4.74 Å². The zero-order valence-corrected chi connectivity index (χ0v) is 20.9. The number of sulfonamides is 1. The smallest absolute Gasteiger partial charge is 0.253 e. The molecule has 0 saturated carbocycles. The molecule has 0 N–H and O–H groups in total. The average Bonchev–Trinajstić information content (AvgIpc) is 2.89. The van der Waals surface area contributed by atoms with Crippen LogP contribution in [0.15, 0.2) is 83.8 Å². The van der Waals surface area contributed by atoms with Gasteiger partial charge in [0.1, 0.15) is 5.75 Å². The maximum Gasteiger partial charge on any atom is 0.253 e. The Balaban J connectivity index is 1.41. The Morgan fingerprint density at radius 2 is 1.57 bits per heavy atom. The molecule has 1 fully saturated rings. The summed E-state index contributed by atoms with van der Waals surface area (Å²) in [5, 5.41) is 0. The fourth-order valence-electron chi connectivity index (χ4n) is 4.25. The second kappa shape index (κ2) is 11.0. The van der Waals surface area contributed by atoms with Gasteiger partial charge in [-0.1, -0.05) is 48.5 Å². The Morgan fingerprint density at radius 1 is 0.886 bits per heavy atom. The van der Waals surface area contributed by atoms with Crippen molar-refractivity contribution in [3.63, 3.8) is 0 Å². The van der Waals surface area contributed by atoms with E-state index < -0.39 is 10.0 Å². The highest BCUT2D eigenvalue weighted by atomic mass is 32.2. The fraction of sp³-hybridized carbons (Fsp3) is 0.296. The van der Waals surface area contributed by atoms with Crippen LogP contribution in [-0.2, 0) is 23.1 Å². The van der Waals surface area contributed by atoms with E-state index in [1.54, 1.807) is 37.3 Å². The number of hydrogen-bond donors (Lipinski definition) is 0. The lowest BCUT2D eigenvalue weighted by atomic mass is 10.1. The van der Waals surface area contributed by atoms with E-state index in [2.05, 4.69) is 17.0 Å². The summed E-state index contributed by atoms with van der Waals surface area (Å²) >= 11 is 0. The topological polar surface area (TPSA) is 70.2 Å². The summed E-state index contributed by atoms with van der Waals surface area (Å²) in [7, 11) is -0.385. The molecule has 0 aromatic heterocycles. The molecule has 1 heterocycles. The van der Waals surface area contributed by atoms with E-state index in [4.69, 9.17) is 4.74 Å². The molecule has 0 atom stereocenters. The molecule has 1 aliphatic heterocycles. The summed E-state index contributed by atoms with van der Waals surface area (Å²) < 4.78 is 33.4. The molecule has 0 unspecified atom stereocenters. The summed E-state index contributed by atoms with van der Waals surface area (Å²) in [4.78, 5) is 17.0. The van der Waals surface area contributed by atoms with Gasteiger partial charge in [-0.05, 0) is 41.5 Å². The van der Waals surface area contributed by atoms with Crippen molar-refractivity contribution in [1.82, 2.24) is 14.1 Å².